The van der Waals surface area contributed by atoms with Crippen molar-refractivity contribution < 1.29 is 9.53 Å². The highest BCUT2D eigenvalue weighted by molar-refractivity contribution is 5.76. The molecular formula is C12H24N2O2. The molecular weight excluding hydrogens is 204 g/mol. The lowest BCUT2D eigenvalue weighted by molar-refractivity contribution is -0.134. The fourth-order valence-electron chi connectivity index (χ4n) is 2.10. The molecule has 0 aromatic heterocycles. The zero-order valence-corrected chi connectivity index (χ0v) is 10.7. The molecule has 0 aromatic carbocycles. The summed E-state index contributed by atoms with van der Waals surface area (Å²) in [6, 6.07) is 0.634. The van der Waals surface area contributed by atoms with Crippen LogP contribution < -0.4 is 5.32 Å². The van der Waals surface area contributed by atoms with E-state index in [0.29, 0.717) is 12.5 Å². The van der Waals surface area contributed by atoms with Gasteiger partial charge in [0.1, 0.15) is 0 Å². The van der Waals surface area contributed by atoms with Crippen molar-refractivity contribution >= 4 is 5.91 Å². The molecule has 4 nitrogen and oxygen atoms in total. The average molecular weight is 228 g/mol. The number of carbonyl (C=O) groups is 1. The lowest BCUT2D eigenvalue weighted by atomic mass is 10.1. The van der Waals surface area contributed by atoms with Gasteiger partial charge in [-0.05, 0) is 26.3 Å². The van der Waals surface area contributed by atoms with Gasteiger partial charge in [-0.1, -0.05) is 6.92 Å². The predicted octanol–water partition coefficient (Wildman–Crippen LogP) is 1.01. The van der Waals surface area contributed by atoms with Crippen LogP contribution in [0.1, 0.15) is 33.1 Å². The van der Waals surface area contributed by atoms with Crippen molar-refractivity contribution in [2.45, 2.75) is 45.2 Å². The molecule has 16 heavy (non-hydrogen) atoms. The first kappa shape index (κ1) is 13.5. The van der Waals surface area contributed by atoms with Crippen LogP contribution in [-0.4, -0.2) is 49.7 Å². The minimum absolute atomic E-state index is 0.236. The maximum atomic E-state index is 12.0. The molecule has 1 fully saturated rings. The Bertz CT molecular complexity index is 215. The molecule has 1 aliphatic rings. The van der Waals surface area contributed by atoms with Gasteiger partial charge >= 0.3 is 0 Å². The number of nitrogens with zero attached hydrogens (tertiary/aromatic N) is 1. The molecule has 4 heteroatoms. The quantitative estimate of drug-likeness (QED) is 0.763. The summed E-state index contributed by atoms with van der Waals surface area (Å²) < 4.78 is 5.30. The van der Waals surface area contributed by atoms with Crippen LogP contribution >= 0.6 is 0 Å². The molecule has 1 amide bonds. The maximum Gasteiger partial charge on any atom is 0.224 e. The lowest BCUT2D eigenvalue weighted by Gasteiger charge is -2.32. The van der Waals surface area contributed by atoms with Crippen LogP contribution in [0.5, 0.6) is 0 Å². The zero-order chi connectivity index (χ0) is 12.0. The second-order valence-electron chi connectivity index (χ2n) is 4.51. The first-order chi connectivity index (χ1) is 7.65. The Morgan fingerprint density at radius 2 is 2.12 bits per heavy atom. The van der Waals surface area contributed by atoms with Gasteiger partial charge in [0.05, 0.1) is 0 Å². The molecule has 0 radical (unpaired) electrons. The number of ether oxygens (including phenoxy) is 1. The van der Waals surface area contributed by atoms with E-state index in [0.717, 1.165) is 32.6 Å². The van der Waals surface area contributed by atoms with Crippen LogP contribution in [0.4, 0.5) is 0 Å². The smallest absolute Gasteiger partial charge is 0.224 e. The third-order valence-electron chi connectivity index (χ3n) is 3.17. The molecule has 1 rings (SSSR count). The third-order valence-corrected chi connectivity index (χ3v) is 3.17. The average Bonchev–Trinajstić information content (AvgIpc) is 2.29. The third kappa shape index (κ3) is 4.10. The maximum absolute atomic E-state index is 12.0. The number of nitrogens with one attached hydrogen (secondary N) is 1. The Hall–Kier alpha value is -0.610. The van der Waals surface area contributed by atoms with Crippen LogP contribution in [0, 0.1) is 0 Å². The molecule has 0 aliphatic carbocycles. The van der Waals surface area contributed by atoms with Crippen molar-refractivity contribution in [2.24, 2.45) is 0 Å². The van der Waals surface area contributed by atoms with Gasteiger partial charge in [-0.25, -0.2) is 0 Å². The van der Waals surface area contributed by atoms with E-state index in [9.17, 15) is 4.79 Å². The highest BCUT2D eigenvalue weighted by Crippen LogP contribution is 2.14. The monoisotopic (exact) mass is 228 g/mol. The summed E-state index contributed by atoms with van der Waals surface area (Å²) in [4.78, 5) is 13.9. The number of carbonyl (C=O) groups excluding carboxylic acids is 1. The molecule has 0 saturated carbocycles. The summed E-state index contributed by atoms with van der Waals surface area (Å²) in [5, 5.41) is 3.26. The fourth-order valence-corrected chi connectivity index (χ4v) is 2.10. The summed E-state index contributed by atoms with van der Waals surface area (Å²) >= 11 is 0. The van der Waals surface area contributed by atoms with Gasteiger partial charge in [0.25, 0.3) is 0 Å². The summed E-state index contributed by atoms with van der Waals surface area (Å²) in [5.41, 5.74) is 0. The Morgan fingerprint density at radius 3 is 2.69 bits per heavy atom. The van der Waals surface area contributed by atoms with Crippen LogP contribution in [-0.2, 0) is 9.53 Å². The van der Waals surface area contributed by atoms with Gasteiger partial charge in [0, 0.05) is 38.8 Å². The molecule has 0 aromatic rings. The molecule has 1 unspecified atom stereocenters. The second-order valence-corrected chi connectivity index (χ2v) is 4.51. The highest BCUT2D eigenvalue weighted by Gasteiger charge is 2.23. The van der Waals surface area contributed by atoms with Gasteiger partial charge in [-0.2, -0.15) is 0 Å². The summed E-state index contributed by atoms with van der Waals surface area (Å²) in [7, 11) is 1.91. The minimum Gasteiger partial charge on any atom is -0.381 e. The fraction of sp³-hybridized carbons (Fsp3) is 0.917. The van der Waals surface area contributed by atoms with Crippen molar-refractivity contribution in [1.82, 2.24) is 10.2 Å². The van der Waals surface area contributed by atoms with E-state index in [2.05, 4.69) is 19.2 Å². The van der Waals surface area contributed by atoms with E-state index in [-0.39, 0.29) is 11.9 Å². The molecule has 0 bridgehead atoms. The van der Waals surface area contributed by atoms with Gasteiger partial charge in [-0.15, -0.1) is 0 Å². The van der Waals surface area contributed by atoms with E-state index < -0.39 is 0 Å². The van der Waals surface area contributed by atoms with Crippen LogP contribution in [0.2, 0.25) is 0 Å². The highest BCUT2D eigenvalue weighted by atomic mass is 16.5. The Kier molecular flexibility index (Phi) is 5.77. The topological polar surface area (TPSA) is 41.6 Å². The van der Waals surface area contributed by atoms with Gasteiger partial charge < -0.3 is 15.0 Å². The van der Waals surface area contributed by atoms with Crippen molar-refractivity contribution in [1.29, 1.82) is 0 Å². The summed E-state index contributed by atoms with van der Waals surface area (Å²) in [6.07, 6.45) is 2.53. The molecule has 1 N–H and O–H groups in total. The molecule has 1 heterocycles. The molecule has 1 atom stereocenters. The normalized spacial score (nSPS) is 19.4. The molecule has 0 spiro atoms. The van der Waals surface area contributed by atoms with E-state index in [1.54, 1.807) is 0 Å². The number of rotatable bonds is 5. The summed E-state index contributed by atoms with van der Waals surface area (Å²) in [6.45, 7) is 6.59. The predicted molar refractivity (Wildman–Crippen MR) is 64.4 cm³/mol. The van der Waals surface area contributed by atoms with E-state index in [4.69, 9.17) is 4.74 Å². The van der Waals surface area contributed by atoms with Crippen LogP contribution in [0.3, 0.4) is 0 Å². The van der Waals surface area contributed by atoms with E-state index in [1.807, 2.05) is 11.9 Å². The van der Waals surface area contributed by atoms with Gasteiger partial charge in [0.2, 0.25) is 5.91 Å². The van der Waals surface area contributed by atoms with E-state index >= 15 is 0 Å². The zero-order valence-electron chi connectivity index (χ0n) is 10.7. The number of amides is 1. The molecule has 94 valence electrons. The van der Waals surface area contributed by atoms with Crippen molar-refractivity contribution in [3.05, 3.63) is 0 Å². The lowest BCUT2D eigenvalue weighted by Crippen LogP contribution is -2.43. The standard InChI is InChI=1S/C12H24N2O2/c1-4-13-10(2)9-12(15)14(3)11-5-7-16-8-6-11/h10-11,13H,4-9H2,1-3H3. The first-order valence-electron chi connectivity index (χ1n) is 6.22. The number of hydrogen-bond acceptors (Lipinski definition) is 3. The second kappa shape index (κ2) is 6.86. The Morgan fingerprint density at radius 1 is 1.50 bits per heavy atom. The molecule has 1 saturated heterocycles. The van der Waals surface area contributed by atoms with Gasteiger partial charge in [0.15, 0.2) is 0 Å². The van der Waals surface area contributed by atoms with Crippen molar-refractivity contribution in [3.63, 3.8) is 0 Å². The van der Waals surface area contributed by atoms with Gasteiger partial charge in [-0.3, -0.25) is 4.79 Å². The van der Waals surface area contributed by atoms with Crippen molar-refractivity contribution in [3.8, 4) is 0 Å². The first-order valence-corrected chi connectivity index (χ1v) is 6.22. The van der Waals surface area contributed by atoms with Crippen LogP contribution in [0.15, 0.2) is 0 Å². The Balaban J connectivity index is 2.34. The minimum atomic E-state index is 0.236. The van der Waals surface area contributed by atoms with Crippen molar-refractivity contribution in [2.75, 3.05) is 26.8 Å². The van der Waals surface area contributed by atoms with E-state index in [1.165, 1.54) is 0 Å². The Labute approximate surface area is 98.3 Å². The largest absolute Gasteiger partial charge is 0.381 e. The number of hydrogen-bond donors (Lipinski definition) is 1. The SMILES string of the molecule is CCNC(C)CC(=O)N(C)C1CCOCC1. The molecule has 1 aliphatic heterocycles. The van der Waals surface area contributed by atoms with Crippen LogP contribution in [0.25, 0.3) is 0 Å². The summed E-state index contributed by atoms with van der Waals surface area (Å²) in [5.74, 6) is 0.236.